The highest BCUT2D eigenvalue weighted by atomic mass is 16.2. The summed E-state index contributed by atoms with van der Waals surface area (Å²) in [5.41, 5.74) is 1.09. The second-order valence-electron chi connectivity index (χ2n) is 7.84. The smallest absolute Gasteiger partial charge is 0.253 e. The van der Waals surface area contributed by atoms with Crippen LogP contribution in [0.2, 0.25) is 0 Å². The fourth-order valence-corrected chi connectivity index (χ4v) is 3.50. The number of hydrogen-bond acceptors (Lipinski definition) is 3. The number of carbonyl (C=O) groups excluding carboxylic acids is 2. The molecule has 1 saturated heterocycles. The van der Waals surface area contributed by atoms with E-state index in [1.807, 2.05) is 12.1 Å². The van der Waals surface area contributed by atoms with Crippen LogP contribution in [-0.4, -0.2) is 42.9 Å². The number of para-hydroxylation sites is 1. The first-order valence-corrected chi connectivity index (χ1v) is 9.24. The van der Waals surface area contributed by atoms with Crippen LogP contribution in [0.4, 0.5) is 5.69 Å². The molecule has 0 aliphatic carbocycles. The molecule has 0 saturated carbocycles. The Hall–Kier alpha value is -1.88. The van der Waals surface area contributed by atoms with E-state index in [1.165, 1.54) is 6.42 Å². The highest BCUT2D eigenvalue weighted by Gasteiger charge is 2.23. The van der Waals surface area contributed by atoms with Crippen LogP contribution in [0.5, 0.6) is 0 Å². The molecule has 2 amide bonds. The SMILES string of the molecule is CC(C)CNC(=O)c1ccccc1NC(=O)CN1C[C@H](C)C[C@H](C)C1. The van der Waals surface area contributed by atoms with Gasteiger partial charge in [0, 0.05) is 19.6 Å². The van der Waals surface area contributed by atoms with Gasteiger partial charge in [-0.3, -0.25) is 14.5 Å². The number of nitrogens with one attached hydrogen (secondary N) is 2. The molecule has 138 valence electrons. The van der Waals surface area contributed by atoms with Gasteiger partial charge in [0.05, 0.1) is 17.8 Å². The molecule has 0 radical (unpaired) electrons. The summed E-state index contributed by atoms with van der Waals surface area (Å²) in [6.07, 6.45) is 1.22. The molecule has 1 heterocycles. The van der Waals surface area contributed by atoms with Crippen LogP contribution < -0.4 is 10.6 Å². The van der Waals surface area contributed by atoms with Crippen LogP contribution in [0.25, 0.3) is 0 Å². The lowest BCUT2D eigenvalue weighted by Gasteiger charge is -2.34. The Labute approximate surface area is 151 Å². The summed E-state index contributed by atoms with van der Waals surface area (Å²) >= 11 is 0. The Morgan fingerprint density at radius 2 is 1.80 bits per heavy atom. The van der Waals surface area contributed by atoms with Crippen LogP contribution >= 0.6 is 0 Å². The van der Waals surface area contributed by atoms with E-state index >= 15 is 0 Å². The highest BCUT2D eigenvalue weighted by molar-refractivity contribution is 6.04. The molecule has 2 atom stereocenters. The lowest BCUT2D eigenvalue weighted by Crippen LogP contribution is -2.43. The van der Waals surface area contributed by atoms with E-state index in [0.29, 0.717) is 42.1 Å². The summed E-state index contributed by atoms with van der Waals surface area (Å²) in [6.45, 7) is 11.5. The summed E-state index contributed by atoms with van der Waals surface area (Å²) in [6, 6.07) is 7.17. The third-order valence-electron chi connectivity index (χ3n) is 4.43. The minimum Gasteiger partial charge on any atom is -0.352 e. The molecule has 25 heavy (non-hydrogen) atoms. The summed E-state index contributed by atoms with van der Waals surface area (Å²) in [4.78, 5) is 27.0. The molecule has 1 fully saturated rings. The third kappa shape index (κ3) is 6.16. The van der Waals surface area contributed by atoms with Gasteiger partial charge in [-0.2, -0.15) is 0 Å². The molecule has 2 rings (SSSR count). The second-order valence-corrected chi connectivity index (χ2v) is 7.84. The molecular formula is C20H31N3O2. The van der Waals surface area contributed by atoms with E-state index in [9.17, 15) is 9.59 Å². The molecule has 5 nitrogen and oxygen atoms in total. The van der Waals surface area contributed by atoms with Gasteiger partial charge >= 0.3 is 0 Å². The zero-order valence-corrected chi connectivity index (χ0v) is 15.8. The molecule has 1 aromatic rings. The average Bonchev–Trinajstić information content (AvgIpc) is 2.52. The number of piperidine rings is 1. The number of benzene rings is 1. The predicted octanol–water partition coefficient (Wildman–Crippen LogP) is 2.99. The monoisotopic (exact) mass is 345 g/mol. The molecule has 0 aromatic heterocycles. The molecule has 5 heteroatoms. The molecule has 2 N–H and O–H groups in total. The zero-order chi connectivity index (χ0) is 18.4. The van der Waals surface area contributed by atoms with E-state index in [2.05, 4.69) is 43.2 Å². The quantitative estimate of drug-likeness (QED) is 0.833. The van der Waals surface area contributed by atoms with Crippen LogP contribution in [0.3, 0.4) is 0 Å². The van der Waals surface area contributed by atoms with Crippen molar-refractivity contribution in [2.24, 2.45) is 17.8 Å². The summed E-state index contributed by atoms with van der Waals surface area (Å²) < 4.78 is 0. The van der Waals surface area contributed by atoms with Crippen molar-refractivity contribution in [2.75, 3.05) is 31.5 Å². The van der Waals surface area contributed by atoms with Crippen molar-refractivity contribution in [3.05, 3.63) is 29.8 Å². The number of likely N-dealkylation sites (tertiary alicyclic amines) is 1. The Morgan fingerprint density at radius 1 is 1.16 bits per heavy atom. The van der Waals surface area contributed by atoms with E-state index in [0.717, 1.165) is 13.1 Å². The van der Waals surface area contributed by atoms with Crippen molar-refractivity contribution >= 4 is 17.5 Å². The van der Waals surface area contributed by atoms with Crippen molar-refractivity contribution in [1.29, 1.82) is 0 Å². The van der Waals surface area contributed by atoms with Crippen molar-refractivity contribution in [2.45, 2.75) is 34.1 Å². The van der Waals surface area contributed by atoms with Crippen molar-refractivity contribution in [1.82, 2.24) is 10.2 Å². The Bertz CT molecular complexity index is 590. The maximum absolute atomic E-state index is 12.5. The van der Waals surface area contributed by atoms with Gasteiger partial charge in [-0.05, 0) is 36.3 Å². The maximum atomic E-state index is 12.5. The van der Waals surface area contributed by atoms with E-state index in [1.54, 1.807) is 12.1 Å². The number of amides is 2. The van der Waals surface area contributed by atoms with Gasteiger partial charge in [0.1, 0.15) is 0 Å². The standard InChI is InChI=1S/C20H31N3O2/c1-14(2)10-21-20(25)17-7-5-6-8-18(17)22-19(24)13-23-11-15(3)9-16(4)12-23/h5-8,14-16H,9-13H2,1-4H3,(H,21,25)(H,22,24)/t15-,16+. The Kier molecular flexibility index (Phi) is 7.00. The van der Waals surface area contributed by atoms with Gasteiger partial charge < -0.3 is 10.6 Å². The fraction of sp³-hybridized carbons (Fsp3) is 0.600. The molecule has 1 aromatic carbocycles. The zero-order valence-electron chi connectivity index (χ0n) is 15.8. The van der Waals surface area contributed by atoms with Gasteiger partial charge in [0.15, 0.2) is 0 Å². The predicted molar refractivity (Wildman–Crippen MR) is 102 cm³/mol. The average molecular weight is 345 g/mol. The molecule has 0 spiro atoms. The first-order valence-electron chi connectivity index (χ1n) is 9.24. The Morgan fingerprint density at radius 3 is 2.44 bits per heavy atom. The van der Waals surface area contributed by atoms with E-state index < -0.39 is 0 Å². The minimum absolute atomic E-state index is 0.0644. The number of anilines is 1. The molecule has 1 aliphatic heterocycles. The first-order chi connectivity index (χ1) is 11.8. The molecule has 1 aliphatic rings. The molecule has 0 bridgehead atoms. The van der Waals surface area contributed by atoms with Gasteiger partial charge in [0.2, 0.25) is 5.91 Å². The number of carbonyl (C=O) groups is 2. The number of nitrogens with zero attached hydrogens (tertiary/aromatic N) is 1. The topological polar surface area (TPSA) is 61.4 Å². The summed E-state index contributed by atoms with van der Waals surface area (Å²) in [5.74, 6) is 1.40. The Balaban J connectivity index is 1.97. The minimum atomic E-state index is -0.148. The molecule has 0 unspecified atom stereocenters. The van der Waals surface area contributed by atoms with E-state index in [4.69, 9.17) is 0 Å². The highest BCUT2D eigenvalue weighted by Crippen LogP contribution is 2.21. The van der Waals surface area contributed by atoms with Crippen LogP contribution in [0.15, 0.2) is 24.3 Å². The van der Waals surface area contributed by atoms with Gasteiger partial charge in [-0.15, -0.1) is 0 Å². The summed E-state index contributed by atoms with van der Waals surface area (Å²) in [5, 5.41) is 5.82. The van der Waals surface area contributed by atoms with Crippen LogP contribution in [-0.2, 0) is 4.79 Å². The van der Waals surface area contributed by atoms with Crippen molar-refractivity contribution in [3.8, 4) is 0 Å². The second kappa shape index (κ2) is 8.99. The van der Waals surface area contributed by atoms with Crippen LogP contribution in [0, 0.1) is 17.8 Å². The molecular weight excluding hydrogens is 314 g/mol. The van der Waals surface area contributed by atoms with E-state index in [-0.39, 0.29) is 11.8 Å². The van der Waals surface area contributed by atoms with Crippen LogP contribution in [0.1, 0.15) is 44.5 Å². The number of rotatable bonds is 6. The third-order valence-corrected chi connectivity index (χ3v) is 4.43. The summed E-state index contributed by atoms with van der Waals surface area (Å²) in [7, 11) is 0. The van der Waals surface area contributed by atoms with Gasteiger partial charge in [0.25, 0.3) is 5.91 Å². The lowest BCUT2D eigenvalue weighted by molar-refractivity contribution is -0.117. The normalized spacial score (nSPS) is 21.2. The number of hydrogen-bond donors (Lipinski definition) is 2. The van der Waals surface area contributed by atoms with Gasteiger partial charge in [-0.25, -0.2) is 0 Å². The largest absolute Gasteiger partial charge is 0.352 e. The van der Waals surface area contributed by atoms with Crippen molar-refractivity contribution < 1.29 is 9.59 Å². The maximum Gasteiger partial charge on any atom is 0.253 e. The van der Waals surface area contributed by atoms with Crippen molar-refractivity contribution in [3.63, 3.8) is 0 Å². The lowest BCUT2D eigenvalue weighted by atomic mass is 9.92. The fourth-order valence-electron chi connectivity index (χ4n) is 3.50. The van der Waals surface area contributed by atoms with Gasteiger partial charge in [-0.1, -0.05) is 39.8 Å². The first kappa shape index (κ1) is 19.4.